The van der Waals surface area contributed by atoms with Crippen molar-refractivity contribution in [2.45, 2.75) is 25.6 Å². The number of thiophene rings is 1. The van der Waals surface area contributed by atoms with Crippen molar-refractivity contribution in [1.29, 1.82) is 0 Å². The number of para-hydroxylation sites is 2. The van der Waals surface area contributed by atoms with Crippen LogP contribution in [0.2, 0.25) is 0 Å². The number of nitrogens with one attached hydrogen (secondary N) is 1. The summed E-state index contributed by atoms with van der Waals surface area (Å²) in [6.45, 7) is 1.94. The number of anilines is 1. The van der Waals surface area contributed by atoms with Crippen molar-refractivity contribution >= 4 is 50.2 Å². The van der Waals surface area contributed by atoms with Gasteiger partial charge < -0.3 is 4.57 Å². The normalized spacial score (nSPS) is 12.8. The lowest BCUT2D eigenvalue weighted by atomic mass is 10.1. The van der Waals surface area contributed by atoms with Crippen molar-refractivity contribution in [1.82, 2.24) is 9.55 Å². The van der Waals surface area contributed by atoms with E-state index in [1.54, 1.807) is 23.6 Å². The number of hydrogen-bond donors (Lipinski definition) is 1. The second-order valence-corrected chi connectivity index (χ2v) is 9.56. The fraction of sp³-hybridized carbons (Fsp3) is 0.182. The molecule has 0 saturated carbocycles. The van der Waals surface area contributed by atoms with Crippen LogP contribution in [0.1, 0.15) is 28.8 Å². The first-order chi connectivity index (χ1) is 14.7. The number of hydrogen-bond acceptors (Lipinski definition) is 3. The highest BCUT2D eigenvalue weighted by Crippen LogP contribution is 2.31. The van der Waals surface area contributed by atoms with Crippen molar-refractivity contribution in [3.05, 3.63) is 80.5 Å². The third-order valence-electron chi connectivity index (χ3n) is 4.90. The van der Waals surface area contributed by atoms with Crippen molar-refractivity contribution < 1.29 is 18.0 Å². The topological polar surface area (TPSA) is 46.9 Å². The molecule has 1 N–H and O–H groups in total. The molecule has 0 fully saturated rings. The molecule has 1 atom stereocenters. The van der Waals surface area contributed by atoms with E-state index in [-0.39, 0.29) is 12.5 Å². The summed E-state index contributed by atoms with van der Waals surface area (Å²) in [5, 5.41) is 2.85. The average molecular weight is 508 g/mol. The Kier molecular flexibility index (Phi) is 5.90. The Hall–Kier alpha value is -2.65. The molecule has 0 aliphatic heterocycles. The Labute approximate surface area is 188 Å². The molecule has 4 aromatic rings. The standard InChI is InChI=1S/C22H17BrF3N3OS/c1-13(18-9-10-19(23)31-18)20(30)28-21-27-16-7-2-3-8-17(16)29(21)12-14-5-4-6-15(11-14)22(24,25)26/h2-11,13H,12H2,1H3,(H,27,28,30). The largest absolute Gasteiger partial charge is 0.416 e. The number of rotatable bonds is 5. The fourth-order valence-electron chi connectivity index (χ4n) is 3.27. The van der Waals surface area contributed by atoms with Crippen LogP contribution in [0.15, 0.2) is 64.5 Å². The molecule has 0 radical (unpaired) electrons. The maximum Gasteiger partial charge on any atom is 0.416 e. The van der Waals surface area contributed by atoms with E-state index in [2.05, 4.69) is 26.2 Å². The molecule has 9 heteroatoms. The molecule has 4 rings (SSSR count). The van der Waals surface area contributed by atoms with E-state index in [9.17, 15) is 18.0 Å². The van der Waals surface area contributed by atoms with Gasteiger partial charge in [0.25, 0.3) is 0 Å². The lowest BCUT2D eigenvalue weighted by molar-refractivity contribution is -0.137. The predicted molar refractivity (Wildman–Crippen MR) is 119 cm³/mol. The number of carbonyl (C=O) groups is 1. The summed E-state index contributed by atoms with van der Waals surface area (Å²) in [7, 11) is 0. The molecule has 31 heavy (non-hydrogen) atoms. The van der Waals surface area contributed by atoms with Crippen LogP contribution in [0.4, 0.5) is 19.1 Å². The molecule has 0 aliphatic carbocycles. The Morgan fingerprint density at radius 3 is 2.65 bits per heavy atom. The molecule has 0 spiro atoms. The highest BCUT2D eigenvalue weighted by molar-refractivity contribution is 9.11. The highest BCUT2D eigenvalue weighted by atomic mass is 79.9. The van der Waals surface area contributed by atoms with Gasteiger partial charge in [-0.3, -0.25) is 10.1 Å². The maximum absolute atomic E-state index is 13.1. The van der Waals surface area contributed by atoms with Crippen LogP contribution < -0.4 is 5.32 Å². The van der Waals surface area contributed by atoms with Gasteiger partial charge in [-0.15, -0.1) is 11.3 Å². The number of amides is 1. The number of alkyl halides is 3. The zero-order valence-electron chi connectivity index (χ0n) is 16.3. The van der Waals surface area contributed by atoms with E-state index in [1.165, 1.54) is 17.4 Å². The van der Waals surface area contributed by atoms with Crippen LogP contribution in [0.3, 0.4) is 0 Å². The van der Waals surface area contributed by atoms with Crippen molar-refractivity contribution in [2.24, 2.45) is 0 Å². The summed E-state index contributed by atoms with van der Waals surface area (Å²) in [5.41, 5.74) is 1.12. The first-order valence-electron chi connectivity index (χ1n) is 9.40. The lowest BCUT2D eigenvalue weighted by Crippen LogP contribution is -2.21. The molecule has 4 nitrogen and oxygen atoms in total. The van der Waals surface area contributed by atoms with Crippen molar-refractivity contribution in [3.63, 3.8) is 0 Å². The molecule has 1 unspecified atom stereocenters. The van der Waals surface area contributed by atoms with Crippen LogP contribution in [-0.4, -0.2) is 15.5 Å². The molecule has 0 saturated heterocycles. The number of fused-ring (bicyclic) bond motifs is 1. The van der Waals surface area contributed by atoms with Gasteiger partial charge in [0, 0.05) is 4.88 Å². The molecule has 0 aliphatic rings. The van der Waals surface area contributed by atoms with Gasteiger partial charge in [-0.25, -0.2) is 4.98 Å². The zero-order chi connectivity index (χ0) is 22.2. The zero-order valence-corrected chi connectivity index (χ0v) is 18.7. The van der Waals surface area contributed by atoms with Gasteiger partial charge in [-0.1, -0.05) is 24.3 Å². The van der Waals surface area contributed by atoms with E-state index >= 15 is 0 Å². The van der Waals surface area contributed by atoms with E-state index in [1.807, 2.05) is 30.3 Å². The Morgan fingerprint density at radius 1 is 1.16 bits per heavy atom. The van der Waals surface area contributed by atoms with E-state index in [4.69, 9.17) is 0 Å². The van der Waals surface area contributed by atoms with Crippen LogP contribution >= 0.6 is 27.3 Å². The van der Waals surface area contributed by atoms with Crippen molar-refractivity contribution in [2.75, 3.05) is 5.32 Å². The lowest BCUT2D eigenvalue weighted by Gasteiger charge is -2.14. The van der Waals surface area contributed by atoms with E-state index in [0.29, 0.717) is 17.0 Å². The first kappa shape index (κ1) is 21.6. The van der Waals surface area contributed by atoms with Crippen molar-refractivity contribution in [3.8, 4) is 0 Å². The minimum atomic E-state index is -4.42. The van der Waals surface area contributed by atoms with E-state index in [0.717, 1.165) is 26.3 Å². The SMILES string of the molecule is CC(C(=O)Nc1nc2ccccc2n1Cc1cccc(C(F)(F)F)c1)c1ccc(Br)s1. The summed E-state index contributed by atoms with van der Waals surface area (Å²) in [6.07, 6.45) is -4.42. The van der Waals surface area contributed by atoms with Gasteiger partial charge in [0.15, 0.2) is 0 Å². The van der Waals surface area contributed by atoms with Gasteiger partial charge >= 0.3 is 6.18 Å². The Balaban J connectivity index is 1.67. The minimum absolute atomic E-state index is 0.138. The Bertz CT molecular complexity index is 1250. The summed E-state index contributed by atoms with van der Waals surface area (Å²) < 4.78 is 42.0. The minimum Gasteiger partial charge on any atom is -0.305 e. The van der Waals surface area contributed by atoms with E-state index < -0.39 is 17.7 Å². The summed E-state index contributed by atoms with van der Waals surface area (Å²) in [6, 6.07) is 16.2. The van der Waals surface area contributed by atoms with Gasteiger partial charge in [-0.2, -0.15) is 13.2 Å². The molecular formula is C22H17BrF3N3OS. The van der Waals surface area contributed by atoms with Crippen LogP contribution in [0, 0.1) is 0 Å². The quantitative estimate of drug-likeness (QED) is 0.327. The van der Waals surface area contributed by atoms with Gasteiger partial charge in [0.2, 0.25) is 11.9 Å². The molecule has 1 amide bonds. The number of carbonyl (C=O) groups excluding carboxylic acids is 1. The van der Waals surface area contributed by atoms with Gasteiger partial charge in [-0.05, 0) is 64.8 Å². The number of benzene rings is 2. The number of imidazole rings is 1. The first-order valence-corrected chi connectivity index (χ1v) is 11.0. The molecule has 2 aromatic heterocycles. The molecular weight excluding hydrogens is 491 g/mol. The smallest absolute Gasteiger partial charge is 0.305 e. The highest BCUT2D eigenvalue weighted by Gasteiger charge is 2.30. The number of nitrogens with zero attached hydrogens (tertiary/aromatic N) is 2. The average Bonchev–Trinajstić information content (AvgIpc) is 3.31. The second-order valence-electron chi connectivity index (χ2n) is 7.06. The Morgan fingerprint density at radius 2 is 1.94 bits per heavy atom. The second kappa shape index (κ2) is 8.47. The third kappa shape index (κ3) is 4.67. The third-order valence-corrected chi connectivity index (χ3v) is 6.70. The van der Waals surface area contributed by atoms with Crippen LogP contribution in [-0.2, 0) is 17.5 Å². The molecule has 0 bridgehead atoms. The number of aromatic nitrogens is 2. The van der Waals surface area contributed by atoms with Crippen LogP contribution in [0.5, 0.6) is 0 Å². The number of halogens is 4. The summed E-state index contributed by atoms with van der Waals surface area (Å²) >= 11 is 4.87. The molecule has 160 valence electrons. The maximum atomic E-state index is 13.1. The summed E-state index contributed by atoms with van der Waals surface area (Å²) in [4.78, 5) is 18.3. The van der Waals surface area contributed by atoms with Crippen LogP contribution in [0.25, 0.3) is 11.0 Å². The van der Waals surface area contributed by atoms with Gasteiger partial charge in [0.05, 0.1) is 32.8 Å². The summed E-state index contributed by atoms with van der Waals surface area (Å²) in [5.74, 6) is -0.348. The molecule has 2 heterocycles. The monoisotopic (exact) mass is 507 g/mol. The van der Waals surface area contributed by atoms with Gasteiger partial charge in [0.1, 0.15) is 0 Å². The molecule has 2 aromatic carbocycles. The fourth-order valence-corrected chi connectivity index (χ4v) is 4.74. The predicted octanol–water partition coefficient (Wildman–Crippen LogP) is 6.67.